The summed E-state index contributed by atoms with van der Waals surface area (Å²) in [5.74, 6) is -1.82. The van der Waals surface area contributed by atoms with Crippen LogP contribution in [0, 0.1) is 11.6 Å². The van der Waals surface area contributed by atoms with Gasteiger partial charge in [-0.1, -0.05) is 36.4 Å². The average molecular weight is 327 g/mol. The number of aromatic hydroxyl groups is 1. The fourth-order valence-electron chi connectivity index (χ4n) is 2.98. The normalized spacial score (nSPS) is 13.5. The largest absolute Gasteiger partial charge is 0.508 e. The lowest BCUT2D eigenvalue weighted by molar-refractivity contribution is 0.452. The Labute approximate surface area is 135 Å². The molecule has 0 aromatic heterocycles. The zero-order valence-electron chi connectivity index (χ0n) is 12.1. The highest BCUT2D eigenvalue weighted by Gasteiger charge is 2.41. The van der Waals surface area contributed by atoms with Crippen molar-refractivity contribution in [2.75, 3.05) is 0 Å². The Morgan fingerprint density at radius 1 is 0.783 bits per heavy atom. The maximum absolute atomic E-state index is 14.5. The van der Waals surface area contributed by atoms with Crippen molar-refractivity contribution in [3.8, 4) is 5.75 Å². The third-order valence-electron chi connectivity index (χ3n) is 3.95. The fraction of sp³-hybridized carbons (Fsp3) is 0.0526. The second kappa shape index (κ2) is 5.39. The van der Waals surface area contributed by atoms with Crippen molar-refractivity contribution in [1.29, 1.82) is 0 Å². The maximum Gasteiger partial charge on any atom is 0.237 e. The van der Waals surface area contributed by atoms with Crippen LogP contribution in [0.3, 0.4) is 0 Å². The van der Waals surface area contributed by atoms with Gasteiger partial charge in [-0.25, -0.2) is 8.78 Å². The molecule has 0 aliphatic carbocycles. The minimum atomic E-state index is -0.850. The molecule has 4 rings (SSSR count). The maximum atomic E-state index is 14.5. The number of benzene rings is 3. The Morgan fingerprint density at radius 3 is 1.78 bits per heavy atom. The van der Waals surface area contributed by atoms with Crippen LogP contribution in [0.5, 0.6) is 5.75 Å². The number of rotatable bonds is 1. The number of phenolic OH excluding ortho intramolecular Hbond substituents is 1. The SMILES string of the molecule is Oc1cc(F)c([S+]2c3ccccc3Cc3ccccc32)c(F)c1. The van der Waals surface area contributed by atoms with Gasteiger partial charge >= 0.3 is 0 Å². The predicted octanol–water partition coefficient (Wildman–Crippen LogP) is 4.67. The predicted molar refractivity (Wildman–Crippen MR) is 85.9 cm³/mol. The van der Waals surface area contributed by atoms with Crippen LogP contribution in [0.2, 0.25) is 0 Å². The molecule has 0 unspecified atom stereocenters. The van der Waals surface area contributed by atoms with Crippen molar-refractivity contribution in [2.24, 2.45) is 0 Å². The van der Waals surface area contributed by atoms with Gasteiger partial charge in [0, 0.05) is 29.7 Å². The number of hydrogen-bond acceptors (Lipinski definition) is 1. The summed E-state index contributed by atoms with van der Waals surface area (Å²) in [6.07, 6.45) is 0.761. The molecular weight excluding hydrogens is 314 g/mol. The molecule has 0 radical (unpaired) electrons. The lowest BCUT2D eigenvalue weighted by atomic mass is 10.0. The average Bonchev–Trinajstić information content (AvgIpc) is 2.53. The zero-order chi connectivity index (χ0) is 16.0. The summed E-state index contributed by atoms with van der Waals surface area (Å²) >= 11 is 0. The number of phenols is 1. The molecule has 0 fully saturated rings. The van der Waals surface area contributed by atoms with Crippen molar-refractivity contribution in [1.82, 2.24) is 0 Å². The molecule has 23 heavy (non-hydrogen) atoms. The van der Waals surface area contributed by atoms with E-state index in [-0.39, 0.29) is 4.90 Å². The van der Waals surface area contributed by atoms with E-state index < -0.39 is 28.3 Å². The van der Waals surface area contributed by atoms with Crippen LogP contribution in [0.4, 0.5) is 8.78 Å². The zero-order valence-corrected chi connectivity index (χ0v) is 12.9. The standard InChI is InChI=1S/C19H12F2OS/c20-15-10-14(22)11-16(21)19(15)23-17-7-3-1-5-12(17)9-13-6-2-4-8-18(13)23/h1-8,10-11H,9H2/p+1. The van der Waals surface area contributed by atoms with Gasteiger partial charge in [-0.15, -0.1) is 0 Å². The van der Waals surface area contributed by atoms with Crippen LogP contribution in [0.15, 0.2) is 75.4 Å². The highest BCUT2D eigenvalue weighted by molar-refractivity contribution is 7.97. The molecule has 0 saturated carbocycles. The van der Waals surface area contributed by atoms with Gasteiger partial charge in [-0.05, 0) is 12.1 Å². The van der Waals surface area contributed by atoms with Gasteiger partial charge in [0.2, 0.25) is 4.90 Å². The molecule has 3 aromatic carbocycles. The second-order valence-corrected chi connectivity index (χ2v) is 7.34. The first kappa shape index (κ1) is 14.3. The van der Waals surface area contributed by atoms with Gasteiger partial charge in [0.1, 0.15) is 16.6 Å². The molecule has 0 spiro atoms. The van der Waals surface area contributed by atoms with Crippen LogP contribution >= 0.6 is 0 Å². The van der Waals surface area contributed by atoms with Gasteiger partial charge < -0.3 is 5.11 Å². The molecule has 114 valence electrons. The molecule has 0 saturated heterocycles. The Bertz CT molecular complexity index is 839. The lowest BCUT2D eigenvalue weighted by Crippen LogP contribution is -2.18. The number of halogens is 2. The first-order valence-corrected chi connectivity index (χ1v) is 8.46. The van der Waals surface area contributed by atoms with Crippen molar-refractivity contribution >= 4 is 10.9 Å². The summed E-state index contributed by atoms with van der Waals surface area (Å²) in [5, 5.41) is 9.43. The van der Waals surface area contributed by atoms with Crippen molar-refractivity contribution in [3.05, 3.63) is 83.4 Å². The topological polar surface area (TPSA) is 20.2 Å². The Morgan fingerprint density at radius 2 is 1.26 bits per heavy atom. The summed E-state index contributed by atoms with van der Waals surface area (Å²) in [7, 11) is -0.850. The van der Waals surface area contributed by atoms with Gasteiger partial charge in [0.15, 0.2) is 21.4 Å². The fourth-order valence-corrected chi connectivity index (χ4v) is 5.40. The van der Waals surface area contributed by atoms with Crippen LogP contribution in [-0.4, -0.2) is 5.11 Å². The van der Waals surface area contributed by atoms with Gasteiger partial charge in [0.05, 0.1) is 0 Å². The van der Waals surface area contributed by atoms with E-state index >= 15 is 0 Å². The molecule has 1 N–H and O–H groups in total. The summed E-state index contributed by atoms with van der Waals surface area (Å²) in [5.41, 5.74) is 2.17. The quantitative estimate of drug-likeness (QED) is 0.504. The molecule has 4 heteroatoms. The molecule has 1 heterocycles. The molecule has 0 amide bonds. The summed E-state index contributed by atoms with van der Waals surface area (Å²) in [4.78, 5) is 1.90. The van der Waals surface area contributed by atoms with E-state index in [2.05, 4.69) is 0 Å². The van der Waals surface area contributed by atoms with Crippen LogP contribution in [0.1, 0.15) is 11.1 Å². The van der Waals surface area contributed by atoms with Gasteiger partial charge in [0.25, 0.3) is 0 Å². The smallest absolute Gasteiger partial charge is 0.237 e. The first-order valence-electron chi connectivity index (χ1n) is 7.23. The van der Waals surface area contributed by atoms with E-state index in [1.807, 2.05) is 48.5 Å². The van der Waals surface area contributed by atoms with Gasteiger partial charge in [-0.3, -0.25) is 0 Å². The lowest BCUT2D eigenvalue weighted by Gasteiger charge is -2.19. The van der Waals surface area contributed by atoms with Crippen molar-refractivity contribution < 1.29 is 13.9 Å². The first-order chi connectivity index (χ1) is 11.1. The van der Waals surface area contributed by atoms with E-state index in [1.54, 1.807) is 0 Å². The molecule has 0 bridgehead atoms. The van der Waals surface area contributed by atoms with E-state index in [0.717, 1.165) is 39.5 Å². The van der Waals surface area contributed by atoms with Crippen molar-refractivity contribution in [3.63, 3.8) is 0 Å². The third kappa shape index (κ3) is 2.30. The monoisotopic (exact) mass is 327 g/mol. The van der Waals surface area contributed by atoms with Crippen LogP contribution in [-0.2, 0) is 17.3 Å². The Balaban J connectivity index is 2.02. The van der Waals surface area contributed by atoms with Gasteiger partial charge in [-0.2, -0.15) is 0 Å². The molecule has 1 nitrogen and oxygen atoms in total. The third-order valence-corrected chi connectivity index (χ3v) is 6.43. The van der Waals surface area contributed by atoms with Crippen LogP contribution < -0.4 is 0 Å². The molecule has 1 aliphatic heterocycles. The molecule has 3 aromatic rings. The minimum absolute atomic E-state index is 0.0161. The van der Waals surface area contributed by atoms with Crippen molar-refractivity contribution in [2.45, 2.75) is 21.1 Å². The second-order valence-electron chi connectivity index (χ2n) is 5.44. The molecule has 0 atom stereocenters. The molecule has 1 aliphatic rings. The number of hydrogen-bond donors (Lipinski definition) is 1. The minimum Gasteiger partial charge on any atom is -0.508 e. The van der Waals surface area contributed by atoms with E-state index in [0.29, 0.717) is 0 Å². The Kier molecular flexibility index (Phi) is 3.34. The summed E-state index contributed by atoms with van der Waals surface area (Å²) in [6.45, 7) is 0. The Hall–Kier alpha value is -2.33. The van der Waals surface area contributed by atoms with E-state index in [4.69, 9.17) is 0 Å². The number of fused-ring (bicyclic) bond motifs is 2. The summed E-state index contributed by atoms with van der Waals surface area (Å²) in [6, 6.07) is 17.5. The van der Waals surface area contributed by atoms with Crippen LogP contribution in [0.25, 0.3) is 0 Å². The van der Waals surface area contributed by atoms with E-state index in [1.165, 1.54) is 0 Å². The highest BCUT2D eigenvalue weighted by atomic mass is 32.2. The molecular formula is C19H13F2OS+. The van der Waals surface area contributed by atoms with E-state index in [9.17, 15) is 13.9 Å². The summed E-state index contributed by atoms with van der Waals surface area (Å²) < 4.78 is 29.0. The highest BCUT2D eigenvalue weighted by Crippen LogP contribution is 2.42.